The molecule has 1 heterocycles. The lowest BCUT2D eigenvalue weighted by atomic mass is 10.2. The molecule has 2 rings (SSSR count). The van der Waals surface area contributed by atoms with E-state index in [-0.39, 0.29) is 21.9 Å². The molecule has 2 aromatic rings. The lowest BCUT2D eigenvalue weighted by Crippen LogP contribution is -2.27. The highest BCUT2D eigenvalue weighted by Crippen LogP contribution is 2.17. The third-order valence-corrected chi connectivity index (χ3v) is 3.81. The van der Waals surface area contributed by atoms with E-state index >= 15 is 0 Å². The summed E-state index contributed by atoms with van der Waals surface area (Å²) in [6, 6.07) is 8.23. The average Bonchev–Trinajstić information content (AvgIpc) is 2.45. The van der Waals surface area contributed by atoms with Gasteiger partial charge in [0.25, 0.3) is 5.91 Å². The molecule has 1 aromatic carbocycles. The Kier molecular flexibility index (Phi) is 3.92. The van der Waals surface area contributed by atoms with Crippen molar-refractivity contribution in [2.24, 2.45) is 5.14 Å². The smallest absolute Gasteiger partial charge is 0.258 e. The zero-order chi connectivity index (χ0) is 15.6. The molecule has 0 bridgehead atoms. The number of nitrogens with one attached hydrogen (secondary N) is 1. The van der Waals surface area contributed by atoms with Crippen molar-refractivity contribution >= 4 is 21.6 Å². The summed E-state index contributed by atoms with van der Waals surface area (Å²) in [6.07, 6.45) is 1.38. The summed E-state index contributed by atoms with van der Waals surface area (Å²) in [5.74, 6) is -0.385. The molecule has 0 aliphatic rings. The highest BCUT2D eigenvalue weighted by atomic mass is 32.2. The lowest BCUT2D eigenvalue weighted by Gasteiger charge is -2.17. The second kappa shape index (κ2) is 5.51. The highest BCUT2D eigenvalue weighted by Gasteiger charge is 2.15. The number of primary sulfonamides is 1. The molecule has 7 nitrogen and oxygen atoms in total. The number of aromatic nitrogens is 1. The summed E-state index contributed by atoms with van der Waals surface area (Å²) >= 11 is 0. The van der Waals surface area contributed by atoms with E-state index in [9.17, 15) is 18.0 Å². The van der Waals surface area contributed by atoms with Crippen molar-refractivity contribution < 1.29 is 13.2 Å². The van der Waals surface area contributed by atoms with Gasteiger partial charge in [-0.05, 0) is 30.3 Å². The number of pyridine rings is 1. The van der Waals surface area contributed by atoms with Crippen molar-refractivity contribution in [3.8, 4) is 0 Å². The number of nitrogens with two attached hydrogens (primary N) is 1. The van der Waals surface area contributed by atoms with Crippen LogP contribution in [0.1, 0.15) is 10.4 Å². The summed E-state index contributed by atoms with van der Waals surface area (Å²) < 4.78 is 22.3. The molecule has 0 saturated carbocycles. The Hall–Kier alpha value is -2.45. The number of hydrogen-bond donors (Lipinski definition) is 2. The van der Waals surface area contributed by atoms with Gasteiger partial charge in [-0.25, -0.2) is 13.6 Å². The van der Waals surface area contributed by atoms with Crippen molar-refractivity contribution in [1.82, 2.24) is 4.98 Å². The molecular formula is C13H13N3O4S. The minimum atomic E-state index is -3.77. The van der Waals surface area contributed by atoms with E-state index in [1.165, 1.54) is 54.5 Å². The normalized spacial score (nSPS) is 11.1. The van der Waals surface area contributed by atoms with Gasteiger partial charge in [0.1, 0.15) is 0 Å². The Bertz CT molecular complexity index is 825. The first-order valence-corrected chi connectivity index (χ1v) is 7.43. The minimum Gasteiger partial charge on any atom is -0.329 e. The number of rotatable bonds is 3. The number of hydrogen-bond acceptors (Lipinski definition) is 4. The first-order valence-electron chi connectivity index (χ1n) is 5.89. The Morgan fingerprint density at radius 1 is 1.19 bits per heavy atom. The van der Waals surface area contributed by atoms with Crippen LogP contribution < -0.4 is 15.6 Å². The number of aromatic amines is 1. The molecule has 8 heteroatoms. The van der Waals surface area contributed by atoms with Crippen LogP contribution in [-0.4, -0.2) is 26.4 Å². The van der Waals surface area contributed by atoms with Crippen molar-refractivity contribution in [2.75, 3.05) is 11.9 Å². The molecule has 1 aromatic heterocycles. The van der Waals surface area contributed by atoms with E-state index in [4.69, 9.17) is 5.14 Å². The van der Waals surface area contributed by atoms with Gasteiger partial charge in [-0.1, -0.05) is 0 Å². The number of sulfonamides is 1. The minimum absolute atomic E-state index is 0.0387. The van der Waals surface area contributed by atoms with Gasteiger partial charge in [-0.15, -0.1) is 0 Å². The van der Waals surface area contributed by atoms with E-state index in [0.29, 0.717) is 5.69 Å². The molecule has 0 aliphatic carbocycles. The summed E-state index contributed by atoms with van der Waals surface area (Å²) in [5.41, 5.74) is 0.336. The number of carbonyl (C=O) groups is 1. The summed E-state index contributed by atoms with van der Waals surface area (Å²) in [7, 11) is -2.25. The first kappa shape index (κ1) is 14.9. The average molecular weight is 307 g/mol. The Morgan fingerprint density at radius 3 is 2.33 bits per heavy atom. The van der Waals surface area contributed by atoms with Crippen LogP contribution in [0.5, 0.6) is 0 Å². The SMILES string of the molecule is CN(C(=O)c1cc[nH]c(=O)c1)c1ccc(S(N)(=O)=O)cc1. The number of carbonyl (C=O) groups excluding carboxylic acids is 1. The standard InChI is InChI=1S/C13H13N3O4S/c1-16(13(18)9-6-7-15-12(17)8-9)10-2-4-11(5-3-10)21(14,19)20/h2-8H,1H3,(H,15,17)(H2,14,19,20). The predicted octanol–water partition coefficient (Wildman–Crippen LogP) is 0.299. The lowest BCUT2D eigenvalue weighted by molar-refractivity contribution is 0.0993. The number of H-pyrrole nitrogens is 1. The molecule has 1 amide bonds. The molecule has 0 unspecified atom stereocenters. The third-order valence-electron chi connectivity index (χ3n) is 2.88. The zero-order valence-corrected chi connectivity index (χ0v) is 11.9. The molecule has 0 radical (unpaired) electrons. The van der Waals surface area contributed by atoms with E-state index in [1.54, 1.807) is 0 Å². The predicted molar refractivity (Wildman–Crippen MR) is 77.6 cm³/mol. The van der Waals surface area contributed by atoms with Gasteiger partial charge in [0.05, 0.1) is 4.90 Å². The van der Waals surface area contributed by atoms with Crippen LogP contribution in [0.15, 0.2) is 52.3 Å². The second-order valence-electron chi connectivity index (χ2n) is 4.34. The van der Waals surface area contributed by atoms with Crippen LogP contribution in [0.4, 0.5) is 5.69 Å². The molecule has 0 saturated heterocycles. The fourth-order valence-electron chi connectivity index (χ4n) is 1.75. The van der Waals surface area contributed by atoms with E-state index in [2.05, 4.69) is 4.98 Å². The Balaban J connectivity index is 2.30. The summed E-state index contributed by atoms with van der Waals surface area (Å²) in [5, 5.41) is 5.00. The van der Waals surface area contributed by atoms with Crippen LogP contribution in [0.25, 0.3) is 0 Å². The topological polar surface area (TPSA) is 113 Å². The van der Waals surface area contributed by atoms with Crippen LogP contribution in [-0.2, 0) is 10.0 Å². The maximum atomic E-state index is 12.2. The number of anilines is 1. The van der Waals surface area contributed by atoms with Gasteiger partial charge in [0.2, 0.25) is 15.6 Å². The largest absolute Gasteiger partial charge is 0.329 e. The molecule has 0 fully saturated rings. The number of nitrogens with zero attached hydrogens (tertiary/aromatic N) is 1. The summed E-state index contributed by atoms with van der Waals surface area (Å²) in [6.45, 7) is 0. The van der Waals surface area contributed by atoms with Crippen LogP contribution in [0, 0.1) is 0 Å². The fraction of sp³-hybridized carbons (Fsp3) is 0.0769. The van der Waals surface area contributed by atoms with Crippen LogP contribution >= 0.6 is 0 Å². The van der Waals surface area contributed by atoms with Gasteiger partial charge in [0, 0.05) is 30.6 Å². The van der Waals surface area contributed by atoms with Crippen molar-refractivity contribution in [3.63, 3.8) is 0 Å². The van der Waals surface area contributed by atoms with Gasteiger partial charge in [0.15, 0.2) is 0 Å². The molecule has 110 valence electrons. The molecule has 0 atom stereocenters. The Morgan fingerprint density at radius 2 is 1.81 bits per heavy atom. The number of benzene rings is 1. The van der Waals surface area contributed by atoms with Gasteiger partial charge in [-0.3, -0.25) is 9.59 Å². The van der Waals surface area contributed by atoms with E-state index < -0.39 is 10.0 Å². The molecule has 3 N–H and O–H groups in total. The van der Waals surface area contributed by atoms with E-state index in [0.717, 1.165) is 0 Å². The van der Waals surface area contributed by atoms with Gasteiger partial charge in [-0.2, -0.15) is 0 Å². The molecular weight excluding hydrogens is 294 g/mol. The molecule has 0 spiro atoms. The monoisotopic (exact) mass is 307 g/mol. The van der Waals surface area contributed by atoms with Crippen molar-refractivity contribution in [2.45, 2.75) is 4.90 Å². The summed E-state index contributed by atoms with van der Waals surface area (Å²) in [4.78, 5) is 27.1. The molecule has 21 heavy (non-hydrogen) atoms. The second-order valence-corrected chi connectivity index (χ2v) is 5.91. The van der Waals surface area contributed by atoms with Crippen LogP contribution in [0.3, 0.4) is 0 Å². The fourth-order valence-corrected chi connectivity index (χ4v) is 2.26. The maximum absolute atomic E-state index is 12.2. The Labute approximate surface area is 121 Å². The van der Waals surface area contributed by atoms with Crippen LogP contribution in [0.2, 0.25) is 0 Å². The molecule has 0 aliphatic heterocycles. The maximum Gasteiger partial charge on any atom is 0.258 e. The van der Waals surface area contributed by atoms with E-state index in [1.807, 2.05) is 0 Å². The van der Waals surface area contributed by atoms with Gasteiger partial charge >= 0.3 is 0 Å². The van der Waals surface area contributed by atoms with Crippen molar-refractivity contribution in [3.05, 3.63) is 58.5 Å². The first-order chi connectivity index (χ1) is 9.79. The van der Waals surface area contributed by atoms with Crippen molar-refractivity contribution in [1.29, 1.82) is 0 Å². The highest BCUT2D eigenvalue weighted by molar-refractivity contribution is 7.89. The third kappa shape index (κ3) is 3.36. The zero-order valence-electron chi connectivity index (χ0n) is 11.1. The van der Waals surface area contributed by atoms with Gasteiger partial charge < -0.3 is 9.88 Å². The quantitative estimate of drug-likeness (QED) is 0.848. The number of amides is 1.